The molecule has 3 aromatic rings. The molecule has 29 heavy (non-hydrogen) atoms. The van der Waals surface area contributed by atoms with E-state index in [0.29, 0.717) is 13.0 Å². The van der Waals surface area contributed by atoms with Crippen molar-refractivity contribution < 1.29 is 14.6 Å². The van der Waals surface area contributed by atoms with Gasteiger partial charge in [0.25, 0.3) is 0 Å². The number of carbonyl (C=O) groups is 1. The highest BCUT2D eigenvalue weighted by molar-refractivity contribution is 5.82. The van der Waals surface area contributed by atoms with E-state index in [1.807, 2.05) is 0 Å². The number of benzene rings is 3. The Morgan fingerprint density at radius 1 is 0.966 bits per heavy atom. The van der Waals surface area contributed by atoms with E-state index in [9.17, 15) is 4.79 Å². The maximum Gasteiger partial charge on any atom is 0.303 e. The van der Waals surface area contributed by atoms with Gasteiger partial charge in [0.15, 0.2) is 0 Å². The summed E-state index contributed by atoms with van der Waals surface area (Å²) in [5, 5.41) is 11.3. The van der Waals surface area contributed by atoms with Crippen molar-refractivity contribution in [2.45, 2.75) is 32.3 Å². The Kier molecular flexibility index (Phi) is 6.11. The molecule has 1 aliphatic rings. The van der Waals surface area contributed by atoms with Gasteiger partial charge in [0, 0.05) is 19.5 Å². The fourth-order valence-electron chi connectivity index (χ4n) is 4.09. The molecule has 0 aromatic heterocycles. The molecule has 1 heterocycles. The minimum absolute atomic E-state index is 0.240. The SMILES string of the molecule is O=C(O)CCCN1CCc2cccc(OCc3ccc4ccccc4c3)c2CC1. The zero-order valence-corrected chi connectivity index (χ0v) is 16.6. The van der Waals surface area contributed by atoms with Crippen LogP contribution in [0.1, 0.15) is 29.5 Å². The molecule has 150 valence electrons. The first-order valence-corrected chi connectivity index (χ1v) is 10.3. The molecule has 4 heteroatoms. The van der Waals surface area contributed by atoms with Crippen molar-refractivity contribution in [2.24, 2.45) is 0 Å². The maximum atomic E-state index is 10.8. The van der Waals surface area contributed by atoms with Gasteiger partial charge < -0.3 is 14.7 Å². The molecule has 0 saturated carbocycles. The fourth-order valence-corrected chi connectivity index (χ4v) is 4.09. The van der Waals surface area contributed by atoms with E-state index < -0.39 is 5.97 Å². The Bertz CT molecular complexity index is 998. The van der Waals surface area contributed by atoms with Crippen LogP contribution in [0.3, 0.4) is 0 Å². The Hall–Kier alpha value is -2.85. The van der Waals surface area contributed by atoms with E-state index in [4.69, 9.17) is 9.84 Å². The maximum absolute atomic E-state index is 10.8. The highest BCUT2D eigenvalue weighted by Crippen LogP contribution is 2.27. The molecule has 0 bridgehead atoms. The van der Waals surface area contributed by atoms with Crippen LogP contribution in [0.25, 0.3) is 10.8 Å². The van der Waals surface area contributed by atoms with E-state index in [-0.39, 0.29) is 6.42 Å². The van der Waals surface area contributed by atoms with Crippen LogP contribution in [0.5, 0.6) is 5.75 Å². The van der Waals surface area contributed by atoms with Crippen LogP contribution in [0.4, 0.5) is 0 Å². The van der Waals surface area contributed by atoms with Crippen molar-refractivity contribution in [1.29, 1.82) is 0 Å². The first-order valence-electron chi connectivity index (χ1n) is 10.3. The number of ether oxygens (including phenoxy) is 1. The van der Waals surface area contributed by atoms with Crippen molar-refractivity contribution in [3.8, 4) is 5.75 Å². The largest absolute Gasteiger partial charge is 0.489 e. The number of aliphatic carboxylic acids is 1. The van der Waals surface area contributed by atoms with Gasteiger partial charge in [0.05, 0.1) is 0 Å². The zero-order chi connectivity index (χ0) is 20.1. The summed E-state index contributed by atoms with van der Waals surface area (Å²) < 4.78 is 6.25. The number of carboxylic acids is 1. The summed E-state index contributed by atoms with van der Waals surface area (Å²) in [4.78, 5) is 13.1. The van der Waals surface area contributed by atoms with E-state index in [0.717, 1.165) is 38.2 Å². The number of carboxylic acid groups (broad SMARTS) is 1. The molecule has 0 amide bonds. The summed E-state index contributed by atoms with van der Waals surface area (Å²) in [5.74, 6) is 0.260. The Morgan fingerprint density at radius 2 is 1.79 bits per heavy atom. The molecule has 3 aromatic carbocycles. The van der Waals surface area contributed by atoms with Crippen LogP contribution >= 0.6 is 0 Å². The monoisotopic (exact) mass is 389 g/mol. The Labute approximate surface area is 171 Å². The number of hydrogen-bond acceptors (Lipinski definition) is 3. The molecular weight excluding hydrogens is 362 g/mol. The van der Waals surface area contributed by atoms with Crippen LogP contribution in [-0.2, 0) is 24.2 Å². The average molecular weight is 389 g/mol. The lowest BCUT2D eigenvalue weighted by atomic mass is 10.0. The van der Waals surface area contributed by atoms with Gasteiger partial charge in [0.2, 0.25) is 0 Å². The summed E-state index contributed by atoms with van der Waals surface area (Å²) in [6.45, 7) is 3.32. The van der Waals surface area contributed by atoms with Crippen molar-refractivity contribution in [3.05, 3.63) is 77.4 Å². The number of fused-ring (bicyclic) bond motifs is 2. The lowest BCUT2D eigenvalue weighted by Gasteiger charge is -2.19. The first-order chi connectivity index (χ1) is 14.2. The predicted octanol–water partition coefficient (Wildman–Crippen LogP) is 4.68. The normalized spacial score (nSPS) is 14.3. The van der Waals surface area contributed by atoms with Crippen LogP contribution in [-0.4, -0.2) is 35.6 Å². The lowest BCUT2D eigenvalue weighted by Crippen LogP contribution is -2.27. The van der Waals surface area contributed by atoms with Gasteiger partial charge in [-0.15, -0.1) is 0 Å². The molecule has 0 saturated heterocycles. The molecule has 0 atom stereocenters. The molecule has 0 radical (unpaired) electrons. The molecule has 1 N–H and O–H groups in total. The average Bonchev–Trinajstić information content (AvgIpc) is 2.95. The molecule has 0 aliphatic carbocycles. The van der Waals surface area contributed by atoms with Crippen molar-refractivity contribution in [3.63, 3.8) is 0 Å². The molecule has 0 unspecified atom stereocenters. The van der Waals surface area contributed by atoms with Crippen LogP contribution in [0.15, 0.2) is 60.7 Å². The van der Waals surface area contributed by atoms with E-state index in [1.54, 1.807) is 0 Å². The van der Waals surface area contributed by atoms with Gasteiger partial charge in [-0.3, -0.25) is 4.79 Å². The third-order valence-electron chi connectivity index (χ3n) is 5.68. The summed E-state index contributed by atoms with van der Waals surface area (Å²) in [7, 11) is 0. The van der Waals surface area contributed by atoms with E-state index >= 15 is 0 Å². The van der Waals surface area contributed by atoms with E-state index in [2.05, 4.69) is 65.6 Å². The van der Waals surface area contributed by atoms with Gasteiger partial charge in [-0.2, -0.15) is 0 Å². The summed E-state index contributed by atoms with van der Waals surface area (Å²) in [6, 6.07) is 21.2. The molecule has 4 rings (SSSR count). The zero-order valence-electron chi connectivity index (χ0n) is 16.6. The lowest BCUT2D eigenvalue weighted by molar-refractivity contribution is -0.137. The topological polar surface area (TPSA) is 49.8 Å². The van der Waals surface area contributed by atoms with Crippen molar-refractivity contribution in [1.82, 2.24) is 4.90 Å². The van der Waals surface area contributed by atoms with Crippen molar-refractivity contribution in [2.75, 3.05) is 19.6 Å². The highest BCUT2D eigenvalue weighted by Gasteiger charge is 2.17. The Balaban J connectivity index is 1.41. The van der Waals surface area contributed by atoms with Gasteiger partial charge in [-0.05, 0) is 65.4 Å². The second-order valence-electron chi connectivity index (χ2n) is 7.70. The second kappa shape index (κ2) is 9.10. The smallest absolute Gasteiger partial charge is 0.303 e. The molecular formula is C25H27NO3. The second-order valence-corrected chi connectivity index (χ2v) is 7.70. The summed E-state index contributed by atoms with van der Waals surface area (Å²) >= 11 is 0. The van der Waals surface area contributed by atoms with Crippen LogP contribution in [0.2, 0.25) is 0 Å². The van der Waals surface area contributed by atoms with Crippen LogP contribution in [0, 0.1) is 0 Å². The quantitative estimate of drug-likeness (QED) is 0.637. The number of nitrogens with zero attached hydrogens (tertiary/aromatic N) is 1. The van der Waals surface area contributed by atoms with Gasteiger partial charge >= 0.3 is 5.97 Å². The van der Waals surface area contributed by atoms with E-state index in [1.165, 1.54) is 27.5 Å². The molecule has 4 nitrogen and oxygen atoms in total. The molecule has 0 fully saturated rings. The molecule has 0 spiro atoms. The predicted molar refractivity (Wildman–Crippen MR) is 115 cm³/mol. The standard InChI is InChI=1S/C25H27NO3/c27-25(28)9-4-14-26-15-12-21-7-3-8-24(23(21)13-16-26)29-18-19-10-11-20-5-1-2-6-22(20)17-19/h1-3,5-8,10-11,17H,4,9,12-16,18H2,(H,27,28). The van der Waals surface area contributed by atoms with Crippen molar-refractivity contribution >= 4 is 16.7 Å². The van der Waals surface area contributed by atoms with Crippen LogP contribution < -0.4 is 4.74 Å². The molecule has 1 aliphatic heterocycles. The third kappa shape index (κ3) is 4.96. The van der Waals surface area contributed by atoms with Gasteiger partial charge in [0.1, 0.15) is 12.4 Å². The number of hydrogen-bond donors (Lipinski definition) is 1. The van der Waals surface area contributed by atoms with Gasteiger partial charge in [-0.1, -0.05) is 48.5 Å². The fraction of sp³-hybridized carbons (Fsp3) is 0.320. The minimum Gasteiger partial charge on any atom is -0.489 e. The van der Waals surface area contributed by atoms with Gasteiger partial charge in [-0.25, -0.2) is 0 Å². The first kappa shape index (κ1) is 19.5. The third-order valence-corrected chi connectivity index (χ3v) is 5.68. The Morgan fingerprint density at radius 3 is 2.66 bits per heavy atom. The summed E-state index contributed by atoms with van der Waals surface area (Å²) in [6.07, 6.45) is 2.87. The minimum atomic E-state index is -0.715. The highest BCUT2D eigenvalue weighted by atomic mass is 16.5. The number of rotatable bonds is 7. The summed E-state index contributed by atoms with van der Waals surface area (Å²) in [5.41, 5.74) is 3.82.